The minimum atomic E-state index is -0.619. The Morgan fingerprint density at radius 2 is 2.06 bits per heavy atom. The summed E-state index contributed by atoms with van der Waals surface area (Å²) >= 11 is 0. The van der Waals surface area contributed by atoms with E-state index in [2.05, 4.69) is 4.89 Å². The molecule has 0 saturated carbocycles. The van der Waals surface area contributed by atoms with Crippen molar-refractivity contribution in [1.82, 2.24) is 0 Å². The maximum absolute atomic E-state index is 13.1. The van der Waals surface area contributed by atoms with E-state index in [9.17, 15) is 8.78 Å². The van der Waals surface area contributed by atoms with Gasteiger partial charge in [-0.1, -0.05) is 13.0 Å². The fourth-order valence-corrected chi connectivity index (χ4v) is 1.18. The largest absolute Gasteiger partial charge is 0.376 e. The number of ether oxygens (including phenoxy) is 1. The van der Waals surface area contributed by atoms with Gasteiger partial charge in [0.05, 0.1) is 19.8 Å². The lowest BCUT2D eigenvalue weighted by Crippen LogP contribution is -2.12. The third-order valence-corrected chi connectivity index (χ3v) is 2.03. The molecule has 0 fully saturated rings. The van der Waals surface area contributed by atoms with Gasteiger partial charge in [-0.15, -0.1) is 0 Å². The lowest BCUT2D eigenvalue weighted by atomic mass is 10.2. The van der Waals surface area contributed by atoms with Crippen molar-refractivity contribution in [3.8, 4) is 0 Å². The van der Waals surface area contributed by atoms with Crippen LogP contribution in [0.3, 0.4) is 0 Å². The Balaban J connectivity index is 2.37. The number of halogens is 2. The van der Waals surface area contributed by atoms with Gasteiger partial charge in [0.25, 0.3) is 0 Å². The SMILES string of the molecule is CC(COO)COCc1ccc(F)cc1F. The first-order valence-electron chi connectivity index (χ1n) is 4.91. The molecule has 1 unspecified atom stereocenters. The highest BCUT2D eigenvalue weighted by molar-refractivity contribution is 5.17. The predicted octanol–water partition coefficient (Wildman–Crippen LogP) is 2.61. The smallest absolute Gasteiger partial charge is 0.131 e. The van der Waals surface area contributed by atoms with E-state index in [-0.39, 0.29) is 19.1 Å². The summed E-state index contributed by atoms with van der Waals surface area (Å²) in [6.07, 6.45) is 0. The molecule has 0 aliphatic heterocycles. The van der Waals surface area contributed by atoms with E-state index in [0.717, 1.165) is 6.07 Å². The van der Waals surface area contributed by atoms with Crippen molar-refractivity contribution in [3.63, 3.8) is 0 Å². The van der Waals surface area contributed by atoms with Crippen molar-refractivity contribution in [2.24, 2.45) is 5.92 Å². The van der Waals surface area contributed by atoms with E-state index in [1.165, 1.54) is 12.1 Å². The van der Waals surface area contributed by atoms with Gasteiger partial charge in [-0.2, -0.15) is 0 Å². The van der Waals surface area contributed by atoms with Crippen molar-refractivity contribution >= 4 is 0 Å². The normalized spacial score (nSPS) is 12.8. The maximum Gasteiger partial charge on any atom is 0.131 e. The molecule has 1 N–H and O–H groups in total. The van der Waals surface area contributed by atoms with E-state index >= 15 is 0 Å². The fraction of sp³-hybridized carbons (Fsp3) is 0.455. The highest BCUT2D eigenvalue weighted by atomic mass is 19.1. The molecule has 0 amide bonds. The summed E-state index contributed by atoms with van der Waals surface area (Å²) in [4.78, 5) is 3.94. The lowest BCUT2D eigenvalue weighted by molar-refractivity contribution is -0.252. The number of benzene rings is 1. The van der Waals surface area contributed by atoms with Gasteiger partial charge in [0.2, 0.25) is 0 Å². The molecule has 16 heavy (non-hydrogen) atoms. The molecule has 0 spiro atoms. The zero-order valence-corrected chi connectivity index (χ0v) is 8.95. The van der Waals surface area contributed by atoms with Gasteiger partial charge in [0.15, 0.2) is 0 Å². The van der Waals surface area contributed by atoms with Gasteiger partial charge in [-0.05, 0) is 6.07 Å². The van der Waals surface area contributed by atoms with Gasteiger partial charge in [0.1, 0.15) is 11.6 Å². The van der Waals surface area contributed by atoms with Gasteiger partial charge >= 0.3 is 0 Å². The molecule has 0 saturated heterocycles. The third-order valence-electron chi connectivity index (χ3n) is 2.03. The summed E-state index contributed by atoms with van der Waals surface area (Å²) in [6, 6.07) is 3.35. The average molecular weight is 232 g/mol. The quantitative estimate of drug-likeness (QED) is 0.605. The third kappa shape index (κ3) is 4.22. The van der Waals surface area contributed by atoms with E-state index in [1.54, 1.807) is 0 Å². The number of hydrogen-bond donors (Lipinski definition) is 1. The highest BCUT2D eigenvalue weighted by Gasteiger charge is 2.06. The van der Waals surface area contributed by atoms with E-state index in [0.29, 0.717) is 12.2 Å². The van der Waals surface area contributed by atoms with Crippen LogP contribution in [0.2, 0.25) is 0 Å². The first kappa shape index (κ1) is 13.0. The minimum absolute atomic E-state index is 0.00788. The van der Waals surface area contributed by atoms with Gasteiger partial charge < -0.3 is 4.74 Å². The summed E-state index contributed by atoms with van der Waals surface area (Å²) in [5.41, 5.74) is 0.304. The molecule has 5 heteroatoms. The zero-order valence-electron chi connectivity index (χ0n) is 8.95. The number of hydrogen-bond acceptors (Lipinski definition) is 3. The standard InChI is InChI=1S/C11H14F2O3/c1-8(6-16-14)5-15-7-9-2-3-10(12)4-11(9)13/h2-4,8,14H,5-7H2,1H3. The Hall–Kier alpha value is -1.04. The van der Waals surface area contributed by atoms with E-state index in [1.807, 2.05) is 6.92 Å². The van der Waals surface area contributed by atoms with Crippen molar-refractivity contribution < 1.29 is 23.7 Å². The molecule has 0 aliphatic carbocycles. The fourth-order valence-electron chi connectivity index (χ4n) is 1.18. The van der Waals surface area contributed by atoms with E-state index < -0.39 is 11.6 Å². The molecule has 3 nitrogen and oxygen atoms in total. The second-order valence-corrected chi connectivity index (χ2v) is 3.65. The molecule has 0 aliphatic rings. The molecule has 0 radical (unpaired) electrons. The maximum atomic E-state index is 13.1. The van der Waals surface area contributed by atoms with Crippen LogP contribution in [-0.4, -0.2) is 18.5 Å². The molecule has 90 valence electrons. The Bertz CT molecular complexity index is 331. The van der Waals surface area contributed by atoms with Crippen LogP contribution in [0, 0.1) is 17.6 Å². The van der Waals surface area contributed by atoms with Crippen LogP contribution in [0.4, 0.5) is 8.78 Å². The predicted molar refractivity (Wildman–Crippen MR) is 53.8 cm³/mol. The van der Waals surface area contributed by atoms with Crippen LogP contribution in [-0.2, 0) is 16.2 Å². The second kappa shape index (κ2) is 6.52. The van der Waals surface area contributed by atoms with Crippen LogP contribution >= 0.6 is 0 Å². The Morgan fingerprint density at radius 3 is 2.69 bits per heavy atom. The average Bonchev–Trinajstić information content (AvgIpc) is 2.22. The molecule has 1 aromatic carbocycles. The topological polar surface area (TPSA) is 38.7 Å². The van der Waals surface area contributed by atoms with Crippen molar-refractivity contribution in [2.75, 3.05) is 13.2 Å². The first-order valence-corrected chi connectivity index (χ1v) is 4.91. The second-order valence-electron chi connectivity index (χ2n) is 3.65. The summed E-state index contributed by atoms with van der Waals surface area (Å²) in [6.45, 7) is 2.38. The minimum Gasteiger partial charge on any atom is -0.376 e. The summed E-state index contributed by atoms with van der Waals surface area (Å²) < 4.78 is 30.9. The van der Waals surface area contributed by atoms with Gasteiger partial charge in [-0.25, -0.2) is 13.7 Å². The summed E-state index contributed by atoms with van der Waals surface area (Å²) in [5.74, 6) is -1.22. The molecule has 0 aromatic heterocycles. The molecular formula is C11H14F2O3. The molecular weight excluding hydrogens is 218 g/mol. The molecule has 0 bridgehead atoms. The van der Waals surface area contributed by atoms with Crippen LogP contribution in [0.25, 0.3) is 0 Å². The summed E-state index contributed by atoms with van der Waals surface area (Å²) in [5, 5.41) is 8.17. The van der Waals surface area contributed by atoms with Crippen molar-refractivity contribution in [1.29, 1.82) is 0 Å². The molecule has 1 atom stereocenters. The van der Waals surface area contributed by atoms with Crippen LogP contribution in [0.15, 0.2) is 18.2 Å². The Kier molecular flexibility index (Phi) is 5.31. The van der Waals surface area contributed by atoms with Crippen molar-refractivity contribution in [3.05, 3.63) is 35.4 Å². The van der Waals surface area contributed by atoms with Gasteiger partial charge in [0, 0.05) is 17.5 Å². The van der Waals surface area contributed by atoms with Crippen molar-refractivity contribution in [2.45, 2.75) is 13.5 Å². The van der Waals surface area contributed by atoms with Gasteiger partial charge in [-0.3, -0.25) is 5.26 Å². The van der Waals surface area contributed by atoms with Crippen LogP contribution in [0.1, 0.15) is 12.5 Å². The van der Waals surface area contributed by atoms with Crippen LogP contribution < -0.4 is 0 Å². The Labute approximate surface area is 92.5 Å². The number of rotatable bonds is 6. The highest BCUT2D eigenvalue weighted by Crippen LogP contribution is 2.11. The zero-order chi connectivity index (χ0) is 12.0. The van der Waals surface area contributed by atoms with Crippen LogP contribution in [0.5, 0.6) is 0 Å². The summed E-state index contributed by atoms with van der Waals surface area (Å²) in [7, 11) is 0. The molecule has 0 heterocycles. The first-order chi connectivity index (χ1) is 7.63. The molecule has 1 rings (SSSR count). The Morgan fingerprint density at radius 1 is 1.31 bits per heavy atom. The lowest BCUT2D eigenvalue weighted by Gasteiger charge is -2.10. The monoisotopic (exact) mass is 232 g/mol. The van der Waals surface area contributed by atoms with E-state index in [4.69, 9.17) is 9.99 Å². The molecule has 1 aromatic rings.